The summed E-state index contributed by atoms with van der Waals surface area (Å²) in [5.74, 6) is -0.320. The van der Waals surface area contributed by atoms with Gasteiger partial charge in [-0.15, -0.1) is 0 Å². The summed E-state index contributed by atoms with van der Waals surface area (Å²) in [4.78, 5) is 23.6. The normalized spacial score (nSPS) is 21.2. The van der Waals surface area contributed by atoms with Gasteiger partial charge in [-0.1, -0.05) is 84.0 Å². The van der Waals surface area contributed by atoms with E-state index >= 15 is 0 Å². The Morgan fingerprint density at radius 3 is 2.03 bits per heavy atom. The zero-order valence-electron chi connectivity index (χ0n) is 19.3. The molecule has 0 saturated carbocycles. The van der Waals surface area contributed by atoms with Gasteiger partial charge in [0.25, 0.3) is 11.1 Å². The minimum atomic E-state index is -0.320. The fraction of sp³-hybridized carbons (Fsp3) is 0.407. The van der Waals surface area contributed by atoms with Crippen LogP contribution in [0.1, 0.15) is 82.2 Å². The molecule has 31 heavy (non-hydrogen) atoms. The highest BCUT2D eigenvalue weighted by atomic mass is 32.2. The second-order valence-corrected chi connectivity index (χ2v) is 11.6. The minimum absolute atomic E-state index is 0.145. The molecule has 3 nitrogen and oxygen atoms in total. The number of hydrogen-bond donors (Lipinski definition) is 1. The quantitative estimate of drug-likeness (QED) is 0.549. The number of thioether (sulfide) groups is 1. The molecule has 0 unspecified atom stereocenters. The van der Waals surface area contributed by atoms with E-state index in [4.69, 9.17) is 0 Å². The first-order valence-corrected chi connectivity index (χ1v) is 11.7. The third kappa shape index (κ3) is 3.98. The van der Waals surface area contributed by atoms with E-state index in [0.29, 0.717) is 4.91 Å². The lowest BCUT2D eigenvalue weighted by Crippen LogP contribution is -2.34. The highest BCUT2D eigenvalue weighted by molar-refractivity contribution is 8.18. The van der Waals surface area contributed by atoms with Crippen LogP contribution in [0.4, 0.5) is 4.79 Å². The second-order valence-electron chi connectivity index (χ2n) is 10.6. The number of imide groups is 1. The van der Waals surface area contributed by atoms with Crippen LogP contribution in [-0.4, -0.2) is 11.1 Å². The van der Waals surface area contributed by atoms with Crippen molar-refractivity contribution in [3.63, 3.8) is 0 Å². The molecule has 1 aliphatic heterocycles. The molecule has 2 amide bonds. The van der Waals surface area contributed by atoms with Gasteiger partial charge in [0, 0.05) is 5.41 Å². The number of fused-ring (bicyclic) bond motifs is 1. The Balaban J connectivity index is 1.67. The van der Waals surface area contributed by atoms with Crippen molar-refractivity contribution in [1.29, 1.82) is 0 Å². The van der Waals surface area contributed by atoms with Crippen LogP contribution >= 0.6 is 11.8 Å². The Morgan fingerprint density at radius 2 is 1.45 bits per heavy atom. The fourth-order valence-electron chi connectivity index (χ4n) is 4.71. The average molecular weight is 434 g/mol. The maximum absolute atomic E-state index is 11.8. The molecule has 1 aliphatic carbocycles. The smallest absolute Gasteiger partial charge is 0.282 e. The van der Waals surface area contributed by atoms with Gasteiger partial charge in [0.05, 0.1) is 4.91 Å². The molecule has 1 fully saturated rings. The molecule has 4 heteroatoms. The van der Waals surface area contributed by atoms with Crippen molar-refractivity contribution < 1.29 is 9.59 Å². The van der Waals surface area contributed by atoms with E-state index in [0.717, 1.165) is 17.3 Å². The standard InChI is InChI=1S/C27H31NO2S/c1-25(2)13-14-26(3,4)21-16-19(11-12-20(21)25)27(5,6)18-9-7-17(8-10-18)15-22-23(29)28-24(30)31-22/h7-12,15-16H,13-14H2,1-6H3,(H,28,29,30)/b22-15-. The number of amides is 2. The van der Waals surface area contributed by atoms with Gasteiger partial charge in [0.2, 0.25) is 0 Å². The van der Waals surface area contributed by atoms with Gasteiger partial charge in [0.1, 0.15) is 0 Å². The summed E-state index contributed by atoms with van der Waals surface area (Å²) in [5.41, 5.74) is 6.67. The van der Waals surface area contributed by atoms with Crippen LogP contribution in [0.3, 0.4) is 0 Å². The number of hydrogen-bond acceptors (Lipinski definition) is 3. The molecule has 1 heterocycles. The van der Waals surface area contributed by atoms with E-state index in [9.17, 15) is 9.59 Å². The summed E-state index contributed by atoms with van der Waals surface area (Å²) >= 11 is 0.949. The number of nitrogens with one attached hydrogen (secondary N) is 1. The van der Waals surface area contributed by atoms with Crippen molar-refractivity contribution in [2.75, 3.05) is 0 Å². The van der Waals surface area contributed by atoms with Gasteiger partial charge in [-0.3, -0.25) is 14.9 Å². The van der Waals surface area contributed by atoms with E-state index in [1.165, 1.54) is 35.1 Å². The molecule has 162 valence electrons. The summed E-state index contributed by atoms with van der Waals surface area (Å²) < 4.78 is 0. The van der Waals surface area contributed by atoms with E-state index in [2.05, 4.69) is 77.2 Å². The molecule has 2 aromatic carbocycles. The van der Waals surface area contributed by atoms with Crippen molar-refractivity contribution in [2.24, 2.45) is 0 Å². The number of carbonyl (C=O) groups is 2. The molecule has 2 aliphatic rings. The summed E-state index contributed by atoms with van der Waals surface area (Å²) in [5, 5.41) is 1.99. The van der Waals surface area contributed by atoms with Crippen LogP contribution in [0.2, 0.25) is 0 Å². The maximum Gasteiger partial charge on any atom is 0.290 e. The average Bonchev–Trinajstić information content (AvgIpc) is 3.02. The third-order valence-electron chi connectivity index (χ3n) is 7.15. The van der Waals surface area contributed by atoms with Gasteiger partial charge in [0.15, 0.2) is 0 Å². The van der Waals surface area contributed by atoms with E-state index in [1.807, 2.05) is 12.1 Å². The number of carbonyl (C=O) groups excluding carboxylic acids is 2. The zero-order valence-corrected chi connectivity index (χ0v) is 20.1. The molecule has 0 spiro atoms. The molecule has 2 aromatic rings. The molecule has 0 aromatic heterocycles. The molecule has 1 saturated heterocycles. The van der Waals surface area contributed by atoms with Crippen molar-refractivity contribution in [3.8, 4) is 0 Å². The SMILES string of the molecule is CC1(C)CCC(C)(C)c2cc(C(C)(C)c3ccc(/C=C4\SC(=O)NC4=O)cc3)ccc21. The predicted molar refractivity (Wildman–Crippen MR) is 129 cm³/mol. The molecule has 0 bridgehead atoms. The van der Waals surface area contributed by atoms with E-state index in [-0.39, 0.29) is 27.4 Å². The van der Waals surface area contributed by atoms with Gasteiger partial charge in [-0.25, -0.2) is 0 Å². The topological polar surface area (TPSA) is 46.2 Å². The fourth-order valence-corrected chi connectivity index (χ4v) is 5.39. The van der Waals surface area contributed by atoms with Gasteiger partial charge in [-0.2, -0.15) is 0 Å². The van der Waals surface area contributed by atoms with Crippen LogP contribution in [0.15, 0.2) is 47.4 Å². The number of benzene rings is 2. The Bertz CT molecular complexity index is 1090. The van der Waals surface area contributed by atoms with Crippen molar-refractivity contribution >= 4 is 29.0 Å². The summed E-state index contributed by atoms with van der Waals surface area (Å²) in [7, 11) is 0. The summed E-state index contributed by atoms with van der Waals surface area (Å²) in [6, 6.07) is 15.4. The van der Waals surface area contributed by atoms with Crippen molar-refractivity contribution in [3.05, 3.63) is 75.2 Å². The second kappa shape index (κ2) is 7.37. The summed E-state index contributed by atoms with van der Waals surface area (Å²) in [6.07, 6.45) is 4.19. The number of rotatable bonds is 3. The first kappa shape index (κ1) is 21.9. The molecule has 0 atom stereocenters. The minimum Gasteiger partial charge on any atom is -0.282 e. The van der Waals surface area contributed by atoms with Crippen LogP contribution in [-0.2, 0) is 21.0 Å². The van der Waals surface area contributed by atoms with E-state index < -0.39 is 0 Å². The van der Waals surface area contributed by atoms with Crippen molar-refractivity contribution in [2.45, 2.75) is 70.6 Å². The Kier molecular flexibility index (Phi) is 5.20. The van der Waals surface area contributed by atoms with Crippen LogP contribution in [0.25, 0.3) is 6.08 Å². The van der Waals surface area contributed by atoms with Crippen LogP contribution in [0.5, 0.6) is 0 Å². The van der Waals surface area contributed by atoms with Gasteiger partial charge in [-0.05, 0) is 69.3 Å². The molecule has 1 N–H and O–H groups in total. The summed E-state index contributed by atoms with van der Waals surface area (Å²) in [6.45, 7) is 14.0. The van der Waals surface area contributed by atoms with Crippen LogP contribution < -0.4 is 5.32 Å². The molecular weight excluding hydrogens is 402 g/mol. The van der Waals surface area contributed by atoms with Gasteiger partial charge >= 0.3 is 0 Å². The van der Waals surface area contributed by atoms with Crippen LogP contribution in [0, 0.1) is 0 Å². The highest BCUT2D eigenvalue weighted by Gasteiger charge is 2.38. The first-order valence-electron chi connectivity index (χ1n) is 10.9. The van der Waals surface area contributed by atoms with E-state index in [1.54, 1.807) is 6.08 Å². The Hall–Kier alpha value is -2.33. The lowest BCUT2D eigenvalue weighted by Gasteiger charge is -2.43. The Morgan fingerprint density at radius 1 is 0.871 bits per heavy atom. The zero-order chi connectivity index (χ0) is 22.6. The Labute approximate surface area is 189 Å². The lowest BCUT2D eigenvalue weighted by atomic mass is 9.62. The molecular formula is C27H31NO2S. The highest BCUT2D eigenvalue weighted by Crippen LogP contribution is 2.47. The predicted octanol–water partition coefficient (Wildman–Crippen LogP) is 6.69. The maximum atomic E-state index is 11.8. The first-order chi connectivity index (χ1) is 14.4. The van der Waals surface area contributed by atoms with Crippen molar-refractivity contribution in [1.82, 2.24) is 5.32 Å². The van der Waals surface area contributed by atoms with Gasteiger partial charge < -0.3 is 0 Å². The monoisotopic (exact) mass is 433 g/mol. The largest absolute Gasteiger partial charge is 0.290 e. The lowest BCUT2D eigenvalue weighted by molar-refractivity contribution is -0.115. The molecule has 4 rings (SSSR count). The third-order valence-corrected chi connectivity index (χ3v) is 7.96. The molecule has 0 radical (unpaired) electrons.